The van der Waals surface area contributed by atoms with Crippen molar-refractivity contribution in [1.82, 2.24) is 4.90 Å². The summed E-state index contributed by atoms with van der Waals surface area (Å²) in [4.78, 5) is 28.0. The molecule has 0 bridgehead atoms. The molecule has 1 rings (SSSR count). The van der Waals surface area contributed by atoms with E-state index in [2.05, 4.69) is 25.7 Å². The lowest BCUT2D eigenvalue weighted by atomic mass is 10.0. The minimum Gasteiger partial charge on any atom is -0.465 e. The van der Waals surface area contributed by atoms with Crippen LogP contribution in [0.2, 0.25) is 0 Å². The maximum atomic E-state index is 12.8. The van der Waals surface area contributed by atoms with Crippen LogP contribution in [-0.4, -0.2) is 116 Å². The molecule has 12 nitrogen and oxygen atoms in total. The SMILES string of the molecule is CCCCCCCCCCOCOCCCCCCCOCOCC(COCOCOCCN1CCCCC1)COC(=O)CCCCCCC(=O)OC(CCCCCCCC)CCCCCCCC. The van der Waals surface area contributed by atoms with E-state index in [1.54, 1.807) is 0 Å². The third-order valence-corrected chi connectivity index (χ3v) is 13.1. The van der Waals surface area contributed by atoms with Gasteiger partial charge in [-0.2, -0.15) is 0 Å². The van der Waals surface area contributed by atoms with Crippen molar-refractivity contribution in [3.63, 3.8) is 0 Å². The second kappa shape index (κ2) is 54.4. The number of ether oxygens (including phenoxy) is 9. The van der Waals surface area contributed by atoms with Crippen molar-refractivity contribution in [3.05, 3.63) is 0 Å². The van der Waals surface area contributed by atoms with Crippen LogP contribution in [0.15, 0.2) is 0 Å². The molecule has 410 valence electrons. The van der Waals surface area contributed by atoms with E-state index in [-0.39, 0.29) is 50.9 Å². The van der Waals surface area contributed by atoms with Gasteiger partial charge in [0.25, 0.3) is 0 Å². The van der Waals surface area contributed by atoms with Crippen LogP contribution in [0.25, 0.3) is 0 Å². The van der Waals surface area contributed by atoms with E-state index in [9.17, 15) is 9.59 Å². The molecule has 69 heavy (non-hydrogen) atoms. The fourth-order valence-electron chi connectivity index (χ4n) is 8.72. The molecule has 0 aliphatic carbocycles. The zero-order chi connectivity index (χ0) is 49.6. The van der Waals surface area contributed by atoms with Gasteiger partial charge in [-0.05, 0) is 83.7 Å². The average Bonchev–Trinajstić information content (AvgIpc) is 3.36. The van der Waals surface area contributed by atoms with Gasteiger partial charge in [-0.15, -0.1) is 0 Å². The summed E-state index contributed by atoms with van der Waals surface area (Å²) in [6.45, 7) is 14.6. The van der Waals surface area contributed by atoms with Crippen LogP contribution in [0.3, 0.4) is 0 Å². The molecule has 1 heterocycles. The molecule has 12 heteroatoms. The molecular formula is C57H111NO11. The summed E-state index contributed by atoms with van der Waals surface area (Å²) in [5.41, 5.74) is 0. The first-order chi connectivity index (χ1) is 34.1. The van der Waals surface area contributed by atoms with Crippen LogP contribution in [0.4, 0.5) is 0 Å². The summed E-state index contributed by atoms with van der Waals surface area (Å²) >= 11 is 0. The molecule has 0 spiro atoms. The van der Waals surface area contributed by atoms with E-state index in [0.29, 0.717) is 46.1 Å². The highest BCUT2D eigenvalue weighted by Crippen LogP contribution is 2.19. The van der Waals surface area contributed by atoms with Crippen molar-refractivity contribution in [3.8, 4) is 0 Å². The van der Waals surface area contributed by atoms with Crippen LogP contribution < -0.4 is 0 Å². The lowest BCUT2D eigenvalue weighted by molar-refractivity contribution is -0.155. The number of piperidine rings is 1. The quantitative estimate of drug-likeness (QED) is 0.0328. The van der Waals surface area contributed by atoms with Crippen molar-refractivity contribution in [1.29, 1.82) is 0 Å². The molecule has 0 radical (unpaired) electrons. The molecule has 1 fully saturated rings. The van der Waals surface area contributed by atoms with E-state index >= 15 is 0 Å². The lowest BCUT2D eigenvalue weighted by Crippen LogP contribution is -2.32. The Morgan fingerprint density at radius 3 is 1.29 bits per heavy atom. The molecule has 0 saturated carbocycles. The van der Waals surface area contributed by atoms with Gasteiger partial charge in [0.05, 0.1) is 26.4 Å². The zero-order valence-corrected chi connectivity index (χ0v) is 45.4. The maximum absolute atomic E-state index is 12.8. The van der Waals surface area contributed by atoms with Gasteiger partial charge >= 0.3 is 11.9 Å². The molecule has 1 atom stereocenters. The number of unbranched alkanes of at least 4 members (excludes halogenated alkanes) is 24. The lowest BCUT2D eigenvalue weighted by Gasteiger charge is -2.26. The maximum Gasteiger partial charge on any atom is 0.306 e. The predicted octanol–water partition coefficient (Wildman–Crippen LogP) is 14.4. The molecule has 1 unspecified atom stereocenters. The summed E-state index contributed by atoms with van der Waals surface area (Å²) < 4.78 is 51.6. The van der Waals surface area contributed by atoms with Crippen LogP contribution >= 0.6 is 0 Å². The summed E-state index contributed by atoms with van der Waals surface area (Å²) in [5.74, 6) is -0.452. The number of nitrogens with zero attached hydrogens (tertiary/aromatic N) is 1. The zero-order valence-electron chi connectivity index (χ0n) is 45.4. The largest absolute Gasteiger partial charge is 0.465 e. The predicted molar refractivity (Wildman–Crippen MR) is 280 cm³/mol. The molecule has 0 amide bonds. The summed E-state index contributed by atoms with van der Waals surface area (Å²) in [5, 5.41) is 0. The number of esters is 2. The van der Waals surface area contributed by atoms with Crippen LogP contribution in [0, 0.1) is 5.92 Å². The fourth-order valence-corrected chi connectivity index (χ4v) is 8.72. The first-order valence-electron chi connectivity index (χ1n) is 29.2. The van der Waals surface area contributed by atoms with Crippen LogP contribution in [0.5, 0.6) is 0 Å². The first-order valence-corrected chi connectivity index (χ1v) is 29.2. The first kappa shape index (κ1) is 65.6. The molecule has 0 aromatic carbocycles. The van der Waals surface area contributed by atoms with Crippen LogP contribution in [0.1, 0.15) is 252 Å². The molecule has 1 aliphatic heterocycles. The molecule has 1 saturated heterocycles. The van der Waals surface area contributed by atoms with E-state index in [1.165, 1.54) is 128 Å². The monoisotopic (exact) mass is 986 g/mol. The van der Waals surface area contributed by atoms with Crippen LogP contribution in [-0.2, 0) is 52.2 Å². The van der Waals surface area contributed by atoms with E-state index in [4.69, 9.17) is 42.6 Å². The third kappa shape index (κ3) is 48.6. The van der Waals surface area contributed by atoms with Gasteiger partial charge in [0.15, 0.2) is 0 Å². The number of carbonyl (C=O) groups excluding carboxylic acids is 2. The van der Waals surface area contributed by atoms with E-state index in [1.807, 2.05) is 0 Å². The highest BCUT2D eigenvalue weighted by atomic mass is 16.7. The smallest absolute Gasteiger partial charge is 0.306 e. The molecular weight excluding hydrogens is 875 g/mol. The summed E-state index contributed by atoms with van der Waals surface area (Å²) in [6, 6.07) is 0. The van der Waals surface area contributed by atoms with E-state index < -0.39 is 0 Å². The number of rotatable bonds is 56. The second-order valence-corrected chi connectivity index (χ2v) is 19.9. The fraction of sp³-hybridized carbons (Fsp3) is 0.965. The Morgan fingerprint density at radius 2 is 0.783 bits per heavy atom. The topological polar surface area (TPSA) is 120 Å². The Labute approximate surface area is 424 Å². The Bertz CT molecular complexity index is 1030. The molecule has 0 aromatic heterocycles. The number of carbonyl (C=O) groups is 2. The van der Waals surface area contributed by atoms with Crippen molar-refractivity contribution < 1.29 is 52.2 Å². The van der Waals surface area contributed by atoms with Gasteiger partial charge in [-0.1, -0.05) is 168 Å². The minimum absolute atomic E-state index is 0.0504. The summed E-state index contributed by atoms with van der Waals surface area (Å²) in [6.07, 6.45) is 40.8. The second-order valence-electron chi connectivity index (χ2n) is 19.9. The number of hydrogen-bond donors (Lipinski definition) is 0. The Morgan fingerprint density at radius 1 is 0.391 bits per heavy atom. The van der Waals surface area contributed by atoms with Crippen molar-refractivity contribution in [2.45, 2.75) is 258 Å². The highest BCUT2D eigenvalue weighted by Gasteiger charge is 2.16. The Hall–Kier alpha value is -1.38. The van der Waals surface area contributed by atoms with Gasteiger partial charge < -0.3 is 47.5 Å². The Balaban J connectivity index is 2.25. The van der Waals surface area contributed by atoms with Crippen molar-refractivity contribution in [2.75, 3.05) is 93.1 Å². The summed E-state index contributed by atoms with van der Waals surface area (Å²) in [7, 11) is 0. The third-order valence-electron chi connectivity index (χ3n) is 13.1. The number of hydrogen-bond acceptors (Lipinski definition) is 12. The Kier molecular flexibility index (Phi) is 51.7. The van der Waals surface area contributed by atoms with E-state index in [0.717, 1.165) is 123 Å². The molecule has 0 N–H and O–H groups in total. The normalized spacial score (nSPS) is 13.7. The van der Waals surface area contributed by atoms with Gasteiger partial charge in [0, 0.05) is 45.1 Å². The number of likely N-dealkylation sites (tertiary alicyclic amines) is 1. The standard InChI is InChI=1S/C57H111NO11/c1-4-7-10-13-16-17-23-33-43-61-50-62-44-34-24-18-25-35-45-63-51-65-47-54(48-66-53-67-52-64-46-42-58-40-31-26-32-41-58)49-68-56(59)38-29-21-22-30-39-57(60)69-55(36-27-19-14-11-8-5-2)37-28-20-15-12-9-6-3/h54-55H,4-53H2,1-3H3. The molecule has 1 aliphatic rings. The average molecular weight is 987 g/mol. The molecule has 0 aromatic rings. The van der Waals surface area contributed by atoms with Gasteiger partial charge in [-0.25, -0.2) is 0 Å². The van der Waals surface area contributed by atoms with Gasteiger partial charge in [0.1, 0.15) is 33.3 Å². The van der Waals surface area contributed by atoms with Gasteiger partial charge in [0.2, 0.25) is 0 Å². The van der Waals surface area contributed by atoms with Gasteiger partial charge in [-0.3, -0.25) is 9.59 Å². The van der Waals surface area contributed by atoms with Crippen molar-refractivity contribution >= 4 is 11.9 Å². The van der Waals surface area contributed by atoms with Crippen molar-refractivity contribution in [2.24, 2.45) is 5.92 Å². The minimum atomic E-state index is -0.227. The highest BCUT2D eigenvalue weighted by molar-refractivity contribution is 5.69.